The molecule has 1 aliphatic heterocycles. The predicted molar refractivity (Wildman–Crippen MR) is 150 cm³/mol. The Balaban J connectivity index is 1.33. The number of thiazole rings is 1. The molecule has 204 valence electrons. The first kappa shape index (κ1) is 25.6. The van der Waals surface area contributed by atoms with Gasteiger partial charge in [0.15, 0.2) is 17.6 Å². The van der Waals surface area contributed by atoms with Crippen LogP contribution in [0.25, 0.3) is 31.8 Å². The number of carbonyl (C=O) groups is 1. The van der Waals surface area contributed by atoms with E-state index in [4.69, 9.17) is 23.9 Å². The molecule has 11 nitrogen and oxygen atoms in total. The van der Waals surface area contributed by atoms with Crippen LogP contribution in [-0.4, -0.2) is 64.6 Å². The zero-order valence-electron chi connectivity index (χ0n) is 22.2. The van der Waals surface area contributed by atoms with Crippen LogP contribution in [-0.2, 0) is 0 Å². The van der Waals surface area contributed by atoms with E-state index in [2.05, 4.69) is 15.0 Å². The van der Waals surface area contributed by atoms with Gasteiger partial charge in [0.2, 0.25) is 11.8 Å². The highest BCUT2D eigenvalue weighted by molar-refractivity contribution is 7.22. The Kier molecular flexibility index (Phi) is 6.46. The minimum atomic E-state index is -1.12. The minimum Gasteiger partial charge on any atom is -0.484 e. The Morgan fingerprint density at radius 1 is 1.07 bits per heavy atom. The fraction of sp³-hybridized carbons (Fsp3) is 0.250. The van der Waals surface area contributed by atoms with Crippen molar-refractivity contribution in [1.82, 2.24) is 19.9 Å². The standard InChI is InChI=1S/C28H25N5O6S/c1-14-7-18(24-19(8-14)31-22(37-4)11-30-24)27-32-23-15(2)9-20-25(26(23)40-27)38-13-17(39-20)12-33(28(34)35)16-5-6-21(36-3)29-10-16/h5-11,17H,12-13H2,1-4H3,(H,34,35). The fourth-order valence-corrected chi connectivity index (χ4v) is 5.81. The molecule has 1 atom stereocenters. The first-order chi connectivity index (χ1) is 19.3. The average Bonchev–Trinajstić information content (AvgIpc) is 3.41. The molecule has 0 spiro atoms. The van der Waals surface area contributed by atoms with Crippen molar-refractivity contribution < 1.29 is 28.8 Å². The molecule has 0 radical (unpaired) electrons. The summed E-state index contributed by atoms with van der Waals surface area (Å²) in [5, 5.41) is 10.6. The summed E-state index contributed by atoms with van der Waals surface area (Å²) in [6, 6.07) is 9.14. The monoisotopic (exact) mass is 559 g/mol. The van der Waals surface area contributed by atoms with Gasteiger partial charge in [-0.2, -0.15) is 0 Å². The van der Waals surface area contributed by atoms with Crippen molar-refractivity contribution in [3.8, 4) is 33.8 Å². The van der Waals surface area contributed by atoms with Gasteiger partial charge in [-0.05, 0) is 49.2 Å². The number of aryl methyl sites for hydroxylation is 2. The second kappa shape index (κ2) is 10.1. The second-order valence-electron chi connectivity index (χ2n) is 9.31. The maximum absolute atomic E-state index is 12.0. The fourth-order valence-electron chi connectivity index (χ4n) is 4.66. The highest BCUT2D eigenvalue weighted by Gasteiger charge is 2.30. The van der Waals surface area contributed by atoms with Crippen molar-refractivity contribution in [2.45, 2.75) is 20.0 Å². The molecule has 6 rings (SSSR count). The highest BCUT2D eigenvalue weighted by Crippen LogP contribution is 2.46. The number of fused-ring (bicyclic) bond motifs is 4. The molecule has 3 aromatic heterocycles. The molecule has 0 bridgehead atoms. The van der Waals surface area contributed by atoms with Crippen LogP contribution in [0.2, 0.25) is 0 Å². The maximum Gasteiger partial charge on any atom is 0.411 e. The average molecular weight is 560 g/mol. The summed E-state index contributed by atoms with van der Waals surface area (Å²) < 4.78 is 23.6. The van der Waals surface area contributed by atoms with Gasteiger partial charge in [0.05, 0.1) is 55.4 Å². The second-order valence-corrected chi connectivity index (χ2v) is 10.3. The molecule has 0 saturated heterocycles. The lowest BCUT2D eigenvalue weighted by atomic mass is 10.1. The summed E-state index contributed by atoms with van der Waals surface area (Å²) in [5.41, 5.74) is 5.50. The predicted octanol–water partition coefficient (Wildman–Crippen LogP) is 5.26. The van der Waals surface area contributed by atoms with Crippen LogP contribution in [0.4, 0.5) is 10.5 Å². The summed E-state index contributed by atoms with van der Waals surface area (Å²) in [4.78, 5) is 31.4. The summed E-state index contributed by atoms with van der Waals surface area (Å²) in [6.07, 6.45) is 1.40. The number of hydrogen-bond donors (Lipinski definition) is 1. The molecule has 40 heavy (non-hydrogen) atoms. The van der Waals surface area contributed by atoms with Crippen molar-refractivity contribution in [1.29, 1.82) is 0 Å². The lowest BCUT2D eigenvalue weighted by molar-refractivity contribution is 0.0961. The summed E-state index contributed by atoms with van der Waals surface area (Å²) >= 11 is 1.49. The van der Waals surface area contributed by atoms with Crippen LogP contribution in [0.5, 0.6) is 23.3 Å². The highest BCUT2D eigenvalue weighted by atomic mass is 32.1. The number of benzene rings is 2. The Hall–Kier alpha value is -4.71. The number of nitrogens with zero attached hydrogens (tertiary/aromatic N) is 5. The zero-order chi connectivity index (χ0) is 28.0. The lowest BCUT2D eigenvalue weighted by Crippen LogP contribution is -2.43. The molecule has 0 fully saturated rings. The van der Waals surface area contributed by atoms with Gasteiger partial charge < -0.3 is 24.1 Å². The molecule has 0 saturated carbocycles. The van der Waals surface area contributed by atoms with Gasteiger partial charge in [-0.1, -0.05) is 0 Å². The van der Waals surface area contributed by atoms with Crippen molar-refractivity contribution in [3.63, 3.8) is 0 Å². The van der Waals surface area contributed by atoms with Gasteiger partial charge in [-0.25, -0.2) is 24.7 Å². The Morgan fingerprint density at radius 3 is 2.62 bits per heavy atom. The number of rotatable bonds is 6. The molecule has 12 heteroatoms. The first-order valence-electron chi connectivity index (χ1n) is 12.4. The van der Waals surface area contributed by atoms with Crippen LogP contribution in [0.1, 0.15) is 11.1 Å². The molecule has 5 aromatic rings. The molecule has 1 unspecified atom stereocenters. The Morgan fingerprint density at radius 2 is 1.90 bits per heavy atom. The topological polar surface area (TPSA) is 129 Å². The summed E-state index contributed by atoms with van der Waals surface area (Å²) in [5.74, 6) is 1.99. The van der Waals surface area contributed by atoms with Crippen molar-refractivity contribution in [3.05, 3.63) is 53.9 Å². The third-order valence-corrected chi connectivity index (χ3v) is 7.64. The molecular formula is C28H25N5O6S. The number of ether oxygens (including phenoxy) is 4. The van der Waals surface area contributed by atoms with E-state index in [1.54, 1.807) is 25.4 Å². The van der Waals surface area contributed by atoms with E-state index in [9.17, 15) is 9.90 Å². The van der Waals surface area contributed by atoms with Gasteiger partial charge in [-0.15, -0.1) is 11.3 Å². The van der Waals surface area contributed by atoms with Crippen molar-refractivity contribution in [2.75, 3.05) is 32.3 Å². The largest absolute Gasteiger partial charge is 0.484 e. The van der Waals surface area contributed by atoms with E-state index in [0.717, 1.165) is 42.9 Å². The number of methoxy groups -OCH3 is 2. The van der Waals surface area contributed by atoms with E-state index in [0.29, 0.717) is 28.9 Å². The number of carboxylic acid groups (broad SMARTS) is 1. The smallest absolute Gasteiger partial charge is 0.411 e. The first-order valence-corrected chi connectivity index (χ1v) is 13.2. The number of amides is 1. The molecule has 2 aromatic carbocycles. The van der Waals surface area contributed by atoms with Crippen LogP contribution >= 0.6 is 11.3 Å². The van der Waals surface area contributed by atoms with Crippen molar-refractivity contribution in [2.24, 2.45) is 0 Å². The molecule has 1 amide bonds. The quantitative estimate of drug-likeness (QED) is 0.294. The number of pyridine rings is 1. The van der Waals surface area contributed by atoms with Gasteiger partial charge in [0.25, 0.3) is 0 Å². The van der Waals surface area contributed by atoms with E-state index < -0.39 is 12.2 Å². The molecule has 1 aliphatic rings. The molecule has 1 N–H and O–H groups in total. The Bertz CT molecular complexity index is 1760. The third kappa shape index (κ3) is 4.56. The number of hydrogen-bond acceptors (Lipinski definition) is 10. The minimum absolute atomic E-state index is 0.0607. The normalized spacial score (nSPS) is 14.3. The number of aromatic nitrogens is 4. The van der Waals surface area contributed by atoms with E-state index in [1.165, 1.54) is 29.5 Å². The van der Waals surface area contributed by atoms with Gasteiger partial charge >= 0.3 is 6.09 Å². The summed E-state index contributed by atoms with van der Waals surface area (Å²) in [6.45, 7) is 4.20. The molecular weight excluding hydrogens is 534 g/mol. The Labute approximate surface area is 233 Å². The molecule has 4 heterocycles. The zero-order valence-corrected chi connectivity index (χ0v) is 23.0. The number of anilines is 1. The van der Waals surface area contributed by atoms with Crippen LogP contribution in [0, 0.1) is 13.8 Å². The van der Waals surface area contributed by atoms with Gasteiger partial charge in [0.1, 0.15) is 16.3 Å². The van der Waals surface area contributed by atoms with Crippen LogP contribution in [0.15, 0.2) is 42.7 Å². The SMILES string of the molecule is COc1ccc(N(CC2COc3c(cc(C)c4nc(-c5cc(C)cc6nc(OC)cnc56)sc34)O2)C(=O)O)cn1. The van der Waals surface area contributed by atoms with E-state index >= 15 is 0 Å². The van der Waals surface area contributed by atoms with E-state index in [-0.39, 0.29) is 13.2 Å². The third-order valence-electron chi connectivity index (χ3n) is 6.55. The van der Waals surface area contributed by atoms with Crippen molar-refractivity contribution >= 4 is 44.4 Å². The van der Waals surface area contributed by atoms with Crippen LogP contribution < -0.4 is 23.8 Å². The van der Waals surface area contributed by atoms with Gasteiger partial charge in [0, 0.05) is 11.6 Å². The maximum atomic E-state index is 12.0. The molecule has 0 aliphatic carbocycles. The van der Waals surface area contributed by atoms with Gasteiger partial charge in [-0.3, -0.25) is 4.90 Å². The summed E-state index contributed by atoms with van der Waals surface area (Å²) in [7, 11) is 3.06. The lowest BCUT2D eigenvalue weighted by Gasteiger charge is -2.30. The van der Waals surface area contributed by atoms with Crippen LogP contribution in [0.3, 0.4) is 0 Å². The van der Waals surface area contributed by atoms with E-state index in [1.807, 2.05) is 32.0 Å².